The van der Waals surface area contributed by atoms with Crippen molar-refractivity contribution in [3.05, 3.63) is 41.0 Å². The first-order valence-electron chi connectivity index (χ1n) is 8.44. The third-order valence-electron chi connectivity index (χ3n) is 4.35. The van der Waals surface area contributed by atoms with Crippen molar-refractivity contribution in [3.63, 3.8) is 0 Å². The first-order valence-corrected chi connectivity index (χ1v) is 8.81. The van der Waals surface area contributed by atoms with Crippen molar-refractivity contribution in [2.24, 2.45) is 0 Å². The molecule has 0 saturated carbocycles. The zero-order valence-corrected chi connectivity index (χ0v) is 15.2. The fourth-order valence-corrected chi connectivity index (χ4v) is 3.19. The molecule has 1 amide bonds. The number of nitrogens with one attached hydrogen (secondary N) is 1. The van der Waals surface area contributed by atoms with Crippen LogP contribution in [-0.4, -0.2) is 47.2 Å². The number of aromatic hydroxyl groups is 1. The molecule has 0 bridgehead atoms. The highest BCUT2D eigenvalue weighted by Gasteiger charge is 2.23. The smallest absolute Gasteiger partial charge is 0.318 e. The quantitative estimate of drug-likeness (QED) is 0.831. The molecule has 0 spiro atoms. The Kier molecular flexibility index (Phi) is 5.78. The van der Waals surface area contributed by atoms with Gasteiger partial charge in [-0.05, 0) is 30.5 Å². The van der Waals surface area contributed by atoms with Crippen LogP contribution >= 0.6 is 11.6 Å². The minimum Gasteiger partial charge on any atom is -0.508 e. The monoisotopic (exact) mass is 376 g/mol. The zero-order valence-electron chi connectivity index (χ0n) is 14.5. The number of hydrogen-bond acceptors (Lipinski definition) is 6. The van der Waals surface area contributed by atoms with E-state index in [9.17, 15) is 9.90 Å². The first-order chi connectivity index (χ1) is 12.5. The topological polar surface area (TPSA) is 87.6 Å². The van der Waals surface area contributed by atoms with E-state index < -0.39 is 0 Å². The molecule has 2 N–H and O–H groups in total. The Morgan fingerprint density at radius 2 is 2.04 bits per heavy atom. The van der Waals surface area contributed by atoms with Crippen LogP contribution < -0.4 is 15.0 Å². The highest BCUT2D eigenvalue weighted by atomic mass is 35.5. The SMILES string of the molecule is COc1ncc(Cl)c(N2CCC(NC(=O)Cc3ccc(O)cc3)CC2)n1. The lowest BCUT2D eigenvalue weighted by molar-refractivity contribution is -0.121. The molecule has 0 atom stereocenters. The molecule has 138 valence electrons. The molecule has 1 fully saturated rings. The van der Waals surface area contributed by atoms with Crippen molar-refractivity contribution in [2.45, 2.75) is 25.3 Å². The Morgan fingerprint density at radius 3 is 2.69 bits per heavy atom. The summed E-state index contributed by atoms with van der Waals surface area (Å²) in [6, 6.07) is 7.08. The predicted octanol–water partition coefficient (Wildman–Crippen LogP) is 2.17. The Hall–Kier alpha value is -2.54. The average molecular weight is 377 g/mol. The van der Waals surface area contributed by atoms with E-state index in [-0.39, 0.29) is 23.7 Å². The van der Waals surface area contributed by atoms with Gasteiger partial charge < -0.3 is 20.1 Å². The lowest BCUT2D eigenvalue weighted by Crippen LogP contribution is -2.45. The Labute approximate surface area is 157 Å². The van der Waals surface area contributed by atoms with Crippen LogP contribution in [0.15, 0.2) is 30.5 Å². The van der Waals surface area contributed by atoms with E-state index in [1.807, 2.05) is 0 Å². The standard InChI is InChI=1S/C18H21ClN4O3/c1-26-18-20-11-15(19)17(22-18)23-8-6-13(7-9-23)21-16(25)10-12-2-4-14(24)5-3-12/h2-5,11,13,24H,6-10H2,1H3,(H,21,25). The molecule has 1 aliphatic heterocycles. The van der Waals surface area contributed by atoms with E-state index in [2.05, 4.69) is 20.2 Å². The summed E-state index contributed by atoms with van der Waals surface area (Å²) in [5.41, 5.74) is 0.873. The number of rotatable bonds is 5. The van der Waals surface area contributed by atoms with Crippen LogP contribution in [0.3, 0.4) is 0 Å². The van der Waals surface area contributed by atoms with Crippen molar-refractivity contribution < 1.29 is 14.6 Å². The number of amides is 1. The van der Waals surface area contributed by atoms with Crippen LogP contribution in [0.4, 0.5) is 5.82 Å². The van der Waals surface area contributed by atoms with E-state index >= 15 is 0 Å². The van der Waals surface area contributed by atoms with Gasteiger partial charge in [0.15, 0.2) is 5.82 Å². The number of benzene rings is 1. The maximum Gasteiger partial charge on any atom is 0.318 e. The average Bonchev–Trinajstić information content (AvgIpc) is 2.65. The number of anilines is 1. The number of halogens is 1. The van der Waals surface area contributed by atoms with Gasteiger partial charge in [-0.15, -0.1) is 0 Å². The van der Waals surface area contributed by atoms with E-state index in [4.69, 9.17) is 16.3 Å². The first kappa shape index (κ1) is 18.3. The molecule has 26 heavy (non-hydrogen) atoms. The second kappa shape index (κ2) is 8.23. The van der Waals surface area contributed by atoms with Gasteiger partial charge in [-0.2, -0.15) is 4.98 Å². The number of phenols is 1. The molecular weight excluding hydrogens is 356 g/mol. The Balaban J connectivity index is 1.52. The van der Waals surface area contributed by atoms with Gasteiger partial charge in [-0.25, -0.2) is 4.98 Å². The van der Waals surface area contributed by atoms with E-state index in [1.54, 1.807) is 24.3 Å². The summed E-state index contributed by atoms with van der Waals surface area (Å²) >= 11 is 6.20. The number of hydrogen-bond donors (Lipinski definition) is 2. The van der Waals surface area contributed by atoms with Crippen LogP contribution in [0.1, 0.15) is 18.4 Å². The second-order valence-corrected chi connectivity index (χ2v) is 6.61. The molecule has 0 unspecified atom stereocenters. The summed E-state index contributed by atoms with van der Waals surface area (Å²) in [5.74, 6) is 0.838. The molecule has 2 aromatic rings. The van der Waals surface area contributed by atoms with Crippen molar-refractivity contribution in [1.29, 1.82) is 0 Å². The summed E-state index contributed by atoms with van der Waals surface area (Å²) in [6.07, 6.45) is 3.46. The third kappa shape index (κ3) is 4.54. The minimum atomic E-state index is -0.0177. The number of ether oxygens (including phenoxy) is 1. The van der Waals surface area contributed by atoms with Crippen molar-refractivity contribution in [2.75, 3.05) is 25.1 Å². The second-order valence-electron chi connectivity index (χ2n) is 6.20. The van der Waals surface area contributed by atoms with E-state index in [0.717, 1.165) is 31.5 Å². The molecule has 2 heterocycles. The summed E-state index contributed by atoms with van der Waals surface area (Å²) < 4.78 is 5.06. The van der Waals surface area contributed by atoms with Gasteiger partial charge >= 0.3 is 6.01 Å². The third-order valence-corrected chi connectivity index (χ3v) is 4.61. The fraction of sp³-hybridized carbons (Fsp3) is 0.389. The van der Waals surface area contributed by atoms with Crippen LogP contribution in [0.5, 0.6) is 11.8 Å². The normalized spacial score (nSPS) is 14.9. The zero-order chi connectivity index (χ0) is 18.5. The molecule has 1 aliphatic rings. The van der Waals surface area contributed by atoms with Crippen molar-refractivity contribution >= 4 is 23.3 Å². The number of carbonyl (C=O) groups excluding carboxylic acids is 1. The number of nitrogens with zero attached hydrogens (tertiary/aromatic N) is 3. The van der Waals surface area contributed by atoms with Crippen LogP contribution in [0.2, 0.25) is 5.02 Å². The largest absolute Gasteiger partial charge is 0.508 e. The molecule has 0 radical (unpaired) electrons. The van der Waals surface area contributed by atoms with Gasteiger partial charge in [-0.1, -0.05) is 23.7 Å². The number of carbonyl (C=O) groups is 1. The van der Waals surface area contributed by atoms with E-state index in [0.29, 0.717) is 17.3 Å². The van der Waals surface area contributed by atoms with Gasteiger partial charge in [-0.3, -0.25) is 4.79 Å². The van der Waals surface area contributed by atoms with Gasteiger partial charge in [0.25, 0.3) is 0 Å². The summed E-state index contributed by atoms with van der Waals surface area (Å²) in [4.78, 5) is 22.6. The summed E-state index contributed by atoms with van der Waals surface area (Å²) in [7, 11) is 1.52. The molecule has 3 rings (SSSR count). The molecule has 7 nitrogen and oxygen atoms in total. The maximum absolute atomic E-state index is 12.2. The molecular formula is C18H21ClN4O3. The number of methoxy groups -OCH3 is 1. The number of aromatic nitrogens is 2. The van der Waals surface area contributed by atoms with E-state index in [1.165, 1.54) is 13.3 Å². The van der Waals surface area contributed by atoms with Crippen molar-refractivity contribution in [3.8, 4) is 11.8 Å². The van der Waals surface area contributed by atoms with Crippen LogP contribution in [0.25, 0.3) is 0 Å². The highest BCUT2D eigenvalue weighted by molar-refractivity contribution is 6.32. The Bertz CT molecular complexity index is 762. The molecule has 1 aromatic heterocycles. The highest BCUT2D eigenvalue weighted by Crippen LogP contribution is 2.27. The fourth-order valence-electron chi connectivity index (χ4n) is 2.98. The Morgan fingerprint density at radius 1 is 1.35 bits per heavy atom. The molecule has 0 aliphatic carbocycles. The van der Waals surface area contributed by atoms with Crippen LogP contribution in [-0.2, 0) is 11.2 Å². The number of piperidine rings is 1. The molecule has 1 saturated heterocycles. The van der Waals surface area contributed by atoms with Gasteiger partial charge in [0.1, 0.15) is 10.8 Å². The van der Waals surface area contributed by atoms with Gasteiger partial charge in [0.05, 0.1) is 19.7 Å². The van der Waals surface area contributed by atoms with Gasteiger partial charge in [0.2, 0.25) is 5.91 Å². The lowest BCUT2D eigenvalue weighted by Gasteiger charge is -2.33. The summed E-state index contributed by atoms with van der Waals surface area (Å²) in [6.45, 7) is 1.48. The van der Waals surface area contributed by atoms with Crippen molar-refractivity contribution in [1.82, 2.24) is 15.3 Å². The van der Waals surface area contributed by atoms with Gasteiger partial charge in [0, 0.05) is 19.1 Å². The summed E-state index contributed by atoms with van der Waals surface area (Å²) in [5, 5.41) is 12.9. The lowest BCUT2D eigenvalue weighted by atomic mass is 10.0. The minimum absolute atomic E-state index is 0.0177. The predicted molar refractivity (Wildman–Crippen MR) is 98.8 cm³/mol. The maximum atomic E-state index is 12.2. The van der Waals surface area contributed by atoms with Crippen LogP contribution in [0, 0.1) is 0 Å². The number of phenolic OH excluding ortho intramolecular Hbond substituents is 1. The molecule has 8 heteroatoms. The molecule has 1 aromatic carbocycles.